The standard InChI is InChI=1S/C9H11N3OS/c1-11(2)8(13)5-7-6-12-3-4-14-9(12)10-7/h3-4,6H,5H2,1-2H3. The molecule has 1 amide bonds. The summed E-state index contributed by atoms with van der Waals surface area (Å²) >= 11 is 1.57. The third-order valence-electron chi connectivity index (χ3n) is 1.97. The maximum Gasteiger partial charge on any atom is 0.228 e. The number of carbonyl (C=O) groups excluding carboxylic acids is 1. The van der Waals surface area contributed by atoms with Gasteiger partial charge in [0.1, 0.15) is 0 Å². The number of amides is 1. The molecule has 0 unspecified atom stereocenters. The zero-order valence-electron chi connectivity index (χ0n) is 8.10. The maximum atomic E-state index is 11.4. The second kappa shape index (κ2) is 3.42. The molecule has 2 rings (SSSR count). The molecule has 2 aromatic rings. The number of aromatic nitrogens is 2. The van der Waals surface area contributed by atoms with Gasteiger partial charge in [-0.25, -0.2) is 4.98 Å². The van der Waals surface area contributed by atoms with E-state index in [0.717, 1.165) is 10.7 Å². The summed E-state index contributed by atoms with van der Waals surface area (Å²) in [4.78, 5) is 18.2. The first-order valence-corrected chi connectivity index (χ1v) is 5.16. The number of hydrogen-bond acceptors (Lipinski definition) is 3. The fourth-order valence-electron chi connectivity index (χ4n) is 1.17. The quantitative estimate of drug-likeness (QED) is 0.740. The number of thiazole rings is 1. The molecule has 5 heteroatoms. The summed E-state index contributed by atoms with van der Waals surface area (Å²) in [6, 6.07) is 0. The Balaban J connectivity index is 2.19. The summed E-state index contributed by atoms with van der Waals surface area (Å²) in [5.74, 6) is 0.0794. The Kier molecular flexibility index (Phi) is 2.25. The smallest absolute Gasteiger partial charge is 0.228 e. The predicted octanol–water partition coefficient (Wildman–Crippen LogP) is 1.03. The van der Waals surface area contributed by atoms with Gasteiger partial charge >= 0.3 is 0 Å². The molecule has 0 aliphatic heterocycles. The maximum absolute atomic E-state index is 11.4. The Bertz CT molecular complexity index is 429. The van der Waals surface area contributed by atoms with Gasteiger partial charge < -0.3 is 4.90 Å². The van der Waals surface area contributed by atoms with E-state index >= 15 is 0 Å². The van der Waals surface area contributed by atoms with Crippen molar-refractivity contribution in [2.45, 2.75) is 6.42 Å². The molecule has 2 aromatic heterocycles. The topological polar surface area (TPSA) is 37.6 Å². The van der Waals surface area contributed by atoms with E-state index in [1.807, 2.05) is 22.2 Å². The van der Waals surface area contributed by atoms with Crippen molar-refractivity contribution in [2.24, 2.45) is 0 Å². The SMILES string of the molecule is CN(C)C(=O)Cc1cn2ccsc2n1. The lowest BCUT2D eigenvalue weighted by atomic mass is 10.3. The molecule has 0 saturated carbocycles. The van der Waals surface area contributed by atoms with Crippen LogP contribution < -0.4 is 0 Å². The zero-order valence-corrected chi connectivity index (χ0v) is 8.91. The lowest BCUT2D eigenvalue weighted by Crippen LogP contribution is -2.23. The number of hydrogen-bond donors (Lipinski definition) is 0. The first kappa shape index (κ1) is 9.21. The number of fused-ring (bicyclic) bond motifs is 1. The number of carbonyl (C=O) groups is 1. The molecule has 0 fully saturated rings. The van der Waals surface area contributed by atoms with E-state index in [1.54, 1.807) is 30.3 Å². The van der Waals surface area contributed by atoms with Crippen LogP contribution in [-0.4, -0.2) is 34.3 Å². The van der Waals surface area contributed by atoms with Crippen molar-refractivity contribution in [3.63, 3.8) is 0 Å². The van der Waals surface area contributed by atoms with Crippen LogP contribution in [0.4, 0.5) is 0 Å². The van der Waals surface area contributed by atoms with E-state index in [1.165, 1.54) is 0 Å². The van der Waals surface area contributed by atoms with Gasteiger partial charge in [-0.1, -0.05) is 0 Å². The number of nitrogens with zero attached hydrogens (tertiary/aromatic N) is 3. The highest BCUT2D eigenvalue weighted by Gasteiger charge is 2.09. The normalized spacial score (nSPS) is 10.7. The van der Waals surface area contributed by atoms with Gasteiger partial charge in [-0.2, -0.15) is 0 Å². The number of imidazole rings is 1. The molecule has 0 spiro atoms. The Morgan fingerprint density at radius 2 is 2.43 bits per heavy atom. The lowest BCUT2D eigenvalue weighted by molar-refractivity contribution is -0.128. The summed E-state index contributed by atoms with van der Waals surface area (Å²) in [7, 11) is 3.50. The number of likely N-dealkylation sites (N-methyl/N-ethyl adjacent to an activating group) is 1. The fraction of sp³-hybridized carbons (Fsp3) is 0.333. The molecule has 0 aliphatic rings. The van der Waals surface area contributed by atoms with Crippen LogP contribution in [0.15, 0.2) is 17.8 Å². The van der Waals surface area contributed by atoms with Crippen molar-refractivity contribution in [3.05, 3.63) is 23.5 Å². The highest BCUT2D eigenvalue weighted by molar-refractivity contribution is 7.15. The monoisotopic (exact) mass is 209 g/mol. The van der Waals surface area contributed by atoms with Crippen LogP contribution in [0.3, 0.4) is 0 Å². The van der Waals surface area contributed by atoms with Gasteiger partial charge in [0.05, 0.1) is 12.1 Å². The largest absolute Gasteiger partial charge is 0.348 e. The second-order valence-corrected chi connectivity index (χ2v) is 4.16. The van der Waals surface area contributed by atoms with Crippen molar-refractivity contribution in [1.82, 2.24) is 14.3 Å². The van der Waals surface area contributed by atoms with Crippen LogP contribution in [0.1, 0.15) is 5.69 Å². The van der Waals surface area contributed by atoms with Gasteiger partial charge in [-0.15, -0.1) is 11.3 Å². The Morgan fingerprint density at radius 3 is 3.07 bits per heavy atom. The van der Waals surface area contributed by atoms with E-state index in [0.29, 0.717) is 6.42 Å². The van der Waals surface area contributed by atoms with Crippen LogP contribution >= 0.6 is 11.3 Å². The third kappa shape index (κ3) is 1.63. The van der Waals surface area contributed by atoms with E-state index in [-0.39, 0.29) is 5.91 Å². The van der Waals surface area contributed by atoms with Gasteiger partial charge in [0.15, 0.2) is 4.96 Å². The molecule has 0 atom stereocenters. The Labute approximate surface area is 85.8 Å². The molecule has 0 N–H and O–H groups in total. The van der Waals surface area contributed by atoms with Crippen LogP contribution in [0, 0.1) is 0 Å². The molecule has 0 aromatic carbocycles. The minimum Gasteiger partial charge on any atom is -0.348 e. The minimum atomic E-state index is 0.0794. The average Bonchev–Trinajstić information content (AvgIpc) is 2.63. The molecular weight excluding hydrogens is 198 g/mol. The first-order valence-electron chi connectivity index (χ1n) is 4.28. The van der Waals surface area contributed by atoms with Gasteiger partial charge in [0, 0.05) is 31.9 Å². The zero-order chi connectivity index (χ0) is 10.1. The molecule has 74 valence electrons. The lowest BCUT2D eigenvalue weighted by Gasteiger charge is -2.07. The summed E-state index contributed by atoms with van der Waals surface area (Å²) in [5, 5.41) is 1.97. The summed E-state index contributed by atoms with van der Waals surface area (Å²) in [6.07, 6.45) is 4.21. The molecule has 0 bridgehead atoms. The van der Waals surface area contributed by atoms with Crippen molar-refractivity contribution in [3.8, 4) is 0 Å². The van der Waals surface area contributed by atoms with Crippen LogP contribution in [0.25, 0.3) is 4.96 Å². The van der Waals surface area contributed by atoms with E-state index in [4.69, 9.17) is 0 Å². The predicted molar refractivity (Wildman–Crippen MR) is 55.5 cm³/mol. The Hall–Kier alpha value is -1.36. The first-order chi connectivity index (χ1) is 6.66. The van der Waals surface area contributed by atoms with E-state index in [9.17, 15) is 4.79 Å². The second-order valence-electron chi connectivity index (χ2n) is 3.29. The van der Waals surface area contributed by atoms with Gasteiger partial charge in [-0.05, 0) is 0 Å². The minimum absolute atomic E-state index is 0.0794. The van der Waals surface area contributed by atoms with Crippen LogP contribution in [0.2, 0.25) is 0 Å². The highest BCUT2D eigenvalue weighted by atomic mass is 32.1. The summed E-state index contributed by atoms with van der Waals surface area (Å²) in [6.45, 7) is 0. The number of rotatable bonds is 2. The molecule has 0 radical (unpaired) electrons. The fourth-order valence-corrected chi connectivity index (χ4v) is 1.89. The van der Waals surface area contributed by atoms with Crippen molar-refractivity contribution < 1.29 is 4.79 Å². The van der Waals surface area contributed by atoms with Gasteiger partial charge in [0.25, 0.3) is 0 Å². The molecule has 0 aliphatic carbocycles. The van der Waals surface area contributed by atoms with E-state index < -0.39 is 0 Å². The van der Waals surface area contributed by atoms with Crippen LogP contribution in [0.5, 0.6) is 0 Å². The summed E-state index contributed by atoms with van der Waals surface area (Å²) < 4.78 is 1.93. The molecule has 14 heavy (non-hydrogen) atoms. The van der Waals surface area contributed by atoms with E-state index in [2.05, 4.69) is 4.98 Å². The third-order valence-corrected chi connectivity index (χ3v) is 2.75. The van der Waals surface area contributed by atoms with Crippen molar-refractivity contribution in [1.29, 1.82) is 0 Å². The van der Waals surface area contributed by atoms with Gasteiger partial charge in [0.2, 0.25) is 5.91 Å². The molecular formula is C9H11N3OS. The van der Waals surface area contributed by atoms with Crippen molar-refractivity contribution >= 4 is 22.2 Å². The summed E-state index contributed by atoms with van der Waals surface area (Å²) in [5.41, 5.74) is 0.829. The Morgan fingerprint density at radius 1 is 1.64 bits per heavy atom. The van der Waals surface area contributed by atoms with Gasteiger partial charge in [-0.3, -0.25) is 9.20 Å². The average molecular weight is 209 g/mol. The van der Waals surface area contributed by atoms with Crippen LogP contribution in [-0.2, 0) is 11.2 Å². The van der Waals surface area contributed by atoms with Crippen molar-refractivity contribution in [2.75, 3.05) is 14.1 Å². The molecule has 0 saturated heterocycles. The highest BCUT2D eigenvalue weighted by Crippen LogP contribution is 2.11. The molecule has 2 heterocycles. The molecule has 4 nitrogen and oxygen atoms in total.